The number of nitrogens with zero attached hydrogens (tertiary/aromatic N) is 4. The van der Waals surface area contributed by atoms with Crippen molar-refractivity contribution in [2.45, 2.75) is 38.3 Å². The summed E-state index contributed by atoms with van der Waals surface area (Å²) in [5.74, 6) is -1.000. The molecule has 2 N–H and O–H groups in total. The van der Waals surface area contributed by atoms with Crippen LogP contribution in [0.5, 0.6) is 0 Å². The Bertz CT molecular complexity index is 1610. The second-order valence-corrected chi connectivity index (χ2v) is 10.3. The SMILES string of the molecule is COC(=O)N[C@@H](CC/C=C/C(=O)N(C)C)C(=O)Nc1cccn(Cc2nc3cc(F)ccc3n2C(=O)OCC2CC2)c1=O. The van der Waals surface area contributed by atoms with E-state index in [1.54, 1.807) is 20.2 Å². The molecule has 3 amide bonds. The summed E-state index contributed by atoms with van der Waals surface area (Å²) in [6.45, 7) is 0.0645. The van der Waals surface area contributed by atoms with Crippen LogP contribution < -0.4 is 16.2 Å². The lowest BCUT2D eigenvalue weighted by Gasteiger charge is -2.17. The number of alkyl carbamates (subject to hydrolysis) is 1. The second-order valence-electron chi connectivity index (χ2n) is 10.3. The monoisotopic (exact) mass is 596 g/mol. The van der Waals surface area contributed by atoms with Gasteiger partial charge in [0.25, 0.3) is 5.56 Å². The number of benzene rings is 1. The molecule has 1 aliphatic carbocycles. The third-order valence-electron chi connectivity index (χ3n) is 6.71. The molecule has 1 aromatic carbocycles. The molecule has 0 aliphatic heterocycles. The van der Waals surface area contributed by atoms with E-state index in [2.05, 4.69) is 20.4 Å². The van der Waals surface area contributed by atoms with E-state index >= 15 is 0 Å². The van der Waals surface area contributed by atoms with Crippen LogP contribution in [0, 0.1) is 11.7 Å². The number of pyridine rings is 1. The van der Waals surface area contributed by atoms with E-state index in [0.29, 0.717) is 11.4 Å². The fraction of sp³-hybridized carbons (Fsp3) is 0.379. The minimum Gasteiger partial charge on any atom is -0.453 e. The van der Waals surface area contributed by atoms with Crippen LogP contribution in [0.3, 0.4) is 0 Å². The standard InChI is InChI=1S/C29H33FN6O7/c1-34(2)25(37)9-5-4-7-20(33-28(40)42-3)26(38)32-21-8-6-14-35(27(21)39)16-24-31-22-15-19(30)12-13-23(22)36(24)29(41)43-17-18-10-11-18/h5-6,8-9,12-15,18,20H,4,7,10-11,16-17H2,1-3H3,(H,32,38)(H,33,40)/b9-5+/t20-/m0/s1. The molecule has 228 valence electrons. The molecule has 1 fully saturated rings. The van der Waals surface area contributed by atoms with Gasteiger partial charge in [0.1, 0.15) is 23.4 Å². The average Bonchev–Trinajstić information content (AvgIpc) is 3.74. The first-order valence-corrected chi connectivity index (χ1v) is 13.6. The van der Waals surface area contributed by atoms with E-state index in [0.717, 1.165) is 20.0 Å². The number of halogens is 1. The zero-order valence-electron chi connectivity index (χ0n) is 24.0. The summed E-state index contributed by atoms with van der Waals surface area (Å²) >= 11 is 0. The number of hydrogen-bond acceptors (Lipinski definition) is 8. The van der Waals surface area contributed by atoms with Crippen LogP contribution in [0.4, 0.5) is 19.7 Å². The van der Waals surface area contributed by atoms with Gasteiger partial charge < -0.3 is 29.6 Å². The molecule has 2 aromatic heterocycles. The first-order chi connectivity index (χ1) is 20.6. The topological polar surface area (TPSA) is 154 Å². The Hall–Kier alpha value is -5.01. The Morgan fingerprint density at radius 1 is 1.21 bits per heavy atom. The molecule has 0 bridgehead atoms. The molecule has 0 unspecified atom stereocenters. The highest BCUT2D eigenvalue weighted by Crippen LogP contribution is 2.29. The van der Waals surface area contributed by atoms with E-state index in [4.69, 9.17) is 4.74 Å². The van der Waals surface area contributed by atoms with Gasteiger partial charge in [-0.05, 0) is 61.9 Å². The number of imidazole rings is 1. The lowest BCUT2D eigenvalue weighted by Crippen LogP contribution is -2.44. The summed E-state index contributed by atoms with van der Waals surface area (Å²) in [6, 6.07) is 5.63. The first-order valence-electron chi connectivity index (χ1n) is 13.6. The lowest BCUT2D eigenvalue weighted by atomic mass is 10.1. The van der Waals surface area contributed by atoms with Crippen molar-refractivity contribution in [1.29, 1.82) is 0 Å². The number of fused-ring (bicyclic) bond motifs is 1. The number of hydrogen-bond donors (Lipinski definition) is 2. The fourth-order valence-electron chi connectivity index (χ4n) is 4.15. The van der Waals surface area contributed by atoms with Crippen LogP contribution in [-0.4, -0.2) is 76.9 Å². The molecular formula is C29H33FN6O7. The van der Waals surface area contributed by atoms with Crippen molar-refractivity contribution in [3.05, 3.63) is 70.7 Å². The Labute approximate surface area is 246 Å². The summed E-state index contributed by atoms with van der Waals surface area (Å²) in [4.78, 5) is 68.9. The number of methoxy groups -OCH3 is 1. The van der Waals surface area contributed by atoms with Gasteiger partial charge in [0, 0.05) is 26.4 Å². The Balaban J connectivity index is 1.54. The largest absolute Gasteiger partial charge is 0.453 e. The molecule has 3 aromatic rings. The van der Waals surface area contributed by atoms with E-state index in [1.807, 2.05) is 0 Å². The van der Waals surface area contributed by atoms with Gasteiger partial charge in [-0.1, -0.05) is 6.08 Å². The van der Waals surface area contributed by atoms with E-state index in [9.17, 15) is 28.4 Å². The fourth-order valence-corrected chi connectivity index (χ4v) is 4.15. The van der Waals surface area contributed by atoms with Gasteiger partial charge in [-0.25, -0.2) is 23.5 Å². The molecule has 1 atom stereocenters. The van der Waals surface area contributed by atoms with Gasteiger partial charge in [0.2, 0.25) is 11.8 Å². The highest BCUT2D eigenvalue weighted by atomic mass is 19.1. The van der Waals surface area contributed by atoms with Crippen molar-refractivity contribution in [1.82, 2.24) is 24.3 Å². The van der Waals surface area contributed by atoms with Crippen LogP contribution in [0.2, 0.25) is 0 Å². The number of rotatable bonds is 11. The highest BCUT2D eigenvalue weighted by Gasteiger charge is 2.26. The molecule has 0 saturated heterocycles. The number of amides is 3. The third kappa shape index (κ3) is 8.05. The molecule has 0 spiro atoms. The summed E-state index contributed by atoms with van der Waals surface area (Å²) in [6.07, 6.45) is 5.19. The smallest absolute Gasteiger partial charge is 0.420 e. The van der Waals surface area contributed by atoms with E-state index < -0.39 is 35.5 Å². The lowest BCUT2D eigenvalue weighted by molar-refractivity contribution is -0.123. The van der Waals surface area contributed by atoms with Crippen LogP contribution >= 0.6 is 0 Å². The first kappa shape index (κ1) is 30.9. The maximum absolute atomic E-state index is 13.9. The molecule has 13 nitrogen and oxygen atoms in total. The summed E-state index contributed by atoms with van der Waals surface area (Å²) in [7, 11) is 4.36. The number of aromatic nitrogens is 3. The molecule has 2 heterocycles. The zero-order valence-corrected chi connectivity index (χ0v) is 24.0. The van der Waals surface area contributed by atoms with Crippen molar-refractivity contribution in [3.8, 4) is 0 Å². The van der Waals surface area contributed by atoms with Gasteiger partial charge in [-0.15, -0.1) is 0 Å². The van der Waals surface area contributed by atoms with Crippen molar-refractivity contribution in [2.24, 2.45) is 5.92 Å². The number of nitrogens with one attached hydrogen (secondary N) is 2. The van der Waals surface area contributed by atoms with Crippen molar-refractivity contribution < 1.29 is 33.0 Å². The quantitative estimate of drug-likeness (QED) is 0.321. The number of ether oxygens (including phenoxy) is 2. The van der Waals surface area contributed by atoms with Gasteiger partial charge in [-0.3, -0.25) is 14.4 Å². The maximum Gasteiger partial charge on any atom is 0.420 e. The third-order valence-corrected chi connectivity index (χ3v) is 6.71. The minimum atomic E-state index is -1.08. The second kappa shape index (κ2) is 13.8. The van der Waals surface area contributed by atoms with Crippen LogP contribution in [0.15, 0.2) is 53.5 Å². The van der Waals surface area contributed by atoms with Crippen LogP contribution in [-0.2, 0) is 25.6 Å². The van der Waals surface area contributed by atoms with Gasteiger partial charge in [0.05, 0.1) is 31.3 Å². The normalized spacial score (nSPS) is 13.5. The summed E-state index contributed by atoms with van der Waals surface area (Å²) in [5.41, 5.74) is -0.158. The molecule has 43 heavy (non-hydrogen) atoms. The van der Waals surface area contributed by atoms with Crippen LogP contribution in [0.25, 0.3) is 11.0 Å². The number of carbonyl (C=O) groups excluding carboxylic acids is 4. The number of allylic oxidation sites excluding steroid dienone is 1. The molecule has 1 saturated carbocycles. The minimum absolute atomic E-state index is 0.0903. The zero-order chi connectivity index (χ0) is 31.1. The van der Waals surface area contributed by atoms with E-state index in [1.165, 1.54) is 56.6 Å². The number of likely N-dealkylation sites (N-methyl/N-ethyl adjacent to an activating group) is 1. The Kier molecular flexibility index (Phi) is 9.91. The van der Waals surface area contributed by atoms with Crippen LogP contribution in [0.1, 0.15) is 31.5 Å². The Morgan fingerprint density at radius 2 is 1.98 bits per heavy atom. The molecule has 14 heteroatoms. The highest BCUT2D eigenvalue weighted by molar-refractivity contribution is 5.96. The predicted molar refractivity (Wildman–Crippen MR) is 154 cm³/mol. The predicted octanol–water partition coefficient (Wildman–Crippen LogP) is 2.87. The summed E-state index contributed by atoms with van der Waals surface area (Å²) < 4.78 is 26.4. The van der Waals surface area contributed by atoms with Gasteiger partial charge in [0.15, 0.2) is 0 Å². The summed E-state index contributed by atoms with van der Waals surface area (Å²) in [5, 5.41) is 4.96. The van der Waals surface area contributed by atoms with Crippen molar-refractivity contribution in [3.63, 3.8) is 0 Å². The van der Waals surface area contributed by atoms with Gasteiger partial charge >= 0.3 is 12.2 Å². The van der Waals surface area contributed by atoms with Gasteiger partial charge in [-0.2, -0.15) is 0 Å². The molecule has 4 rings (SSSR count). The number of anilines is 1. The molecule has 0 radical (unpaired) electrons. The average molecular weight is 597 g/mol. The Morgan fingerprint density at radius 3 is 2.67 bits per heavy atom. The molecule has 1 aliphatic rings. The number of carbonyl (C=O) groups is 4. The van der Waals surface area contributed by atoms with Crippen molar-refractivity contribution in [2.75, 3.05) is 33.1 Å². The molecular weight excluding hydrogens is 563 g/mol. The maximum atomic E-state index is 13.9. The van der Waals surface area contributed by atoms with E-state index in [-0.39, 0.29) is 48.9 Å². The van der Waals surface area contributed by atoms with Crippen molar-refractivity contribution >= 4 is 40.7 Å².